The Balaban J connectivity index is 2.21. The number of nitrogens with zero attached hydrogens (tertiary/aromatic N) is 2. The molecule has 0 radical (unpaired) electrons. The average Bonchev–Trinajstić information content (AvgIpc) is 2.21. The first-order chi connectivity index (χ1) is 5.97. The van der Waals surface area contributed by atoms with Crippen LogP contribution in [0.3, 0.4) is 0 Å². The third kappa shape index (κ3) is 1.34. The summed E-state index contributed by atoms with van der Waals surface area (Å²) in [6.07, 6.45) is 3.25. The van der Waals surface area contributed by atoms with Crippen LogP contribution < -0.4 is 5.32 Å². The molecule has 0 spiro atoms. The molecule has 1 unspecified atom stereocenters. The predicted molar refractivity (Wildman–Crippen MR) is 49.3 cm³/mol. The van der Waals surface area contributed by atoms with Crippen LogP contribution in [0.4, 0.5) is 0 Å². The third-order valence-electron chi connectivity index (χ3n) is 1.70. The molecule has 0 fully saturated rings. The van der Waals surface area contributed by atoms with Crippen LogP contribution in [0.1, 0.15) is 11.7 Å². The van der Waals surface area contributed by atoms with Crippen molar-refractivity contribution >= 4 is 12.7 Å². The van der Waals surface area contributed by atoms with Gasteiger partial charge in [0.2, 0.25) is 0 Å². The quantitative estimate of drug-likeness (QED) is 0.659. The molecule has 0 aliphatic carbocycles. The van der Waals surface area contributed by atoms with Crippen molar-refractivity contribution in [2.75, 3.05) is 0 Å². The summed E-state index contributed by atoms with van der Waals surface area (Å²) in [4.78, 5) is 7.99. The molecule has 12 heavy (non-hydrogen) atoms. The highest BCUT2D eigenvalue weighted by atomic mass is 15.1. The van der Waals surface area contributed by atoms with Crippen LogP contribution in [0.15, 0.2) is 40.3 Å². The van der Waals surface area contributed by atoms with Gasteiger partial charge in [0.05, 0.1) is 6.34 Å². The van der Waals surface area contributed by atoms with Crippen LogP contribution in [-0.4, -0.2) is 12.7 Å². The second kappa shape index (κ2) is 3.17. The van der Waals surface area contributed by atoms with Gasteiger partial charge in [-0.2, -0.15) is 0 Å². The molecule has 1 aromatic rings. The van der Waals surface area contributed by atoms with Crippen LogP contribution in [0.2, 0.25) is 0 Å². The van der Waals surface area contributed by atoms with E-state index in [1.165, 1.54) is 0 Å². The highest BCUT2D eigenvalue weighted by Crippen LogP contribution is 2.13. The number of hydrogen-bond acceptors (Lipinski definition) is 3. The Morgan fingerprint density at radius 2 is 2.00 bits per heavy atom. The lowest BCUT2D eigenvalue weighted by atomic mass is 10.2. The molecule has 0 aromatic heterocycles. The topological polar surface area (TPSA) is 36.8 Å². The molecule has 0 saturated heterocycles. The standard InChI is InChI=1S/C9H9N3/c1-2-4-8(5-3-1)9-11-6-10-7-12-9/h1-7,9H,(H,10,11,12). The number of aliphatic imine (C=N–C) groups is 2. The largest absolute Gasteiger partial charge is 0.351 e. The molecule has 1 aromatic carbocycles. The van der Waals surface area contributed by atoms with Gasteiger partial charge in [-0.25, -0.2) is 9.98 Å². The maximum absolute atomic E-state index is 4.17. The Kier molecular flexibility index (Phi) is 1.86. The fourth-order valence-electron chi connectivity index (χ4n) is 1.11. The summed E-state index contributed by atoms with van der Waals surface area (Å²) in [5.74, 6) is 0. The summed E-state index contributed by atoms with van der Waals surface area (Å²) in [7, 11) is 0. The Labute approximate surface area is 70.9 Å². The van der Waals surface area contributed by atoms with Gasteiger partial charge in [0.1, 0.15) is 12.5 Å². The normalized spacial score (nSPS) is 20.5. The van der Waals surface area contributed by atoms with Crippen molar-refractivity contribution in [2.24, 2.45) is 9.98 Å². The number of rotatable bonds is 1. The maximum atomic E-state index is 4.17. The molecule has 3 nitrogen and oxygen atoms in total. The van der Waals surface area contributed by atoms with E-state index < -0.39 is 0 Å². The first-order valence-corrected chi connectivity index (χ1v) is 3.81. The first kappa shape index (κ1) is 7.03. The third-order valence-corrected chi connectivity index (χ3v) is 1.70. The van der Waals surface area contributed by atoms with E-state index in [2.05, 4.69) is 15.3 Å². The highest BCUT2D eigenvalue weighted by molar-refractivity contribution is 5.73. The second-order valence-corrected chi connectivity index (χ2v) is 2.52. The predicted octanol–water partition coefficient (Wildman–Crippen LogP) is 1.34. The molecule has 1 aliphatic rings. The summed E-state index contributed by atoms with van der Waals surface area (Å²) in [5, 5.41) is 3.05. The molecule has 1 heterocycles. The summed E-state index contributed by atoms with van der Waals surface area (Å²) >= 11 is 0. The van der Waals surface area contributed by atoms with E-state index in [0.29, 0.717) is 0 Å². The van der Waals surface area contributed by atoms with Crippen LogP contribution in [0, 0.1) is 0 Å². The second-order valence-electron chi connectivity index (χ2n) is 2.52. The zero-order valence-electron chi connectivity index (χ0n) is 6.51. The summed E-state index contributed by atoms with van der Waals surface area (Å²) in [6, 6.07) is 10.1. The SMILES string of the molecule is C1=NC=NC(c2ccccc2)N1. The monoisotopic (exact) mass is 159 g/mol. The van der Waals surface area contributed by atoms with Gasteiger partial charge in [-0.05, 0) is 5.56 Å². The van der Waals surface area contributed by atoms with Gasteiger partial charge in [-0.15, -0.1) is 0 Å². The molecule has 60 valence electrons. The lowest BCUT2D eigenvalue weighted by Crippen LogP contribution is -2.20. The van der Waals surface area contributed by atoms with Crippen molar-refractivity contribution in [3.8, 4) is 0 Å². The van der Waals surface area contributed by atoms with Gasteiger partial charge in [-0.3, -0.25) is 0 Å². The molecule has 3 heteroatoms. The maximum Gasteiger partial charge on any atom is 0.147 e. The lowest BCUT2D eigenvalue weighted by molar-refractivity contribution is 0.688. The van der Waals surface area contributed by atoms with Crippen molar-refractivity contribution in [1.29, 1.82) is 0 Å². The molecular weight excluding hydrogens is 150 g/mol. The minimum atomic E-state index is 0.0312. The van der Waals surface area contributed by atoms with Crippen LogP contribution in [0.5, 0.6) is 0 Å². The first-order valence-electron chi connectivity index (χ1n) is 3.81. The van der Waals surface area contributed by atoms with Gasteiger partial charge < -0.3 is 5.32 Å². The van der Waals surface area contributed by atoms with Gasteiger partial charge in [0.25, 0.3) is 0 Å². The fraction of sp³-hybridized carbons (Fsp3) is 0.111. The molecule has 1 aliphatic heterocycles. The fourth-order valence-corrected chi connectivity index (χ4v) is 1.11. The Bertz CT molecular complexity index is 303. The van der Waals surface area contributed by atoms with Gasteiger partial charge >= 0.3 is 0 Å². The van der Waals surface area contributed by atoms with E-state index in [1.54, 1.807) is 12.7 Å². The van der Waals surface area contributed by atoms with E-state index in [1.807, 2.05) is 30.3 Å². The van der Waals surface area contributed by atoms with Crippen LogP contribution >= 0.6 is 0 Å². The van der Waals surface area contributed by atoms with Gasteiger partial charge in [0, 0.05) is 0 Å². The number of benzene rings is 1. The summed E-state index contributed by atoms with van der Waals surface area (Å²) < 4.78 is 0. The Hall–Kier alpha value is -1.64. The lowest BCUT2D eigenvalue weighted by Gasteiger charge is -2.13. The van der Waals surface area contributed by atoms with Gasteiger partial charge in [-0.1, -0.05) is 30.3 Å². The highest BCUT2D eigenvalue weighted by Gasteiger charge is 2.06. The number of hydrogen-bond donors (Lipinski definition) is 1. The minimum absolute atomic E-state index is 0.0312. The molecule has 1 atom stereocenters. The molecule has 2 rings (SSSR count). The van der Waals surface area contributed by atoms with Crippen LogP contribution in [0.25, 0.3) is 0 Å². The van der Waals surface area contributed by atoms with E-state index in [4.69, 9.17) is 0 Å². The number of nitrogens with one attached hydrogen (secondary N) is 1. The molecule has 0 amide bonds. The summed E-state index contributed by atoms with van der Waals surface area (Å²) in [5.41, 5.74) is 1.15. The molecule has 0 saturated carbocycles. The molecular formula is C9H9N3. The zero-order chi connectivity index (χ0) is 8.23. The van der Waals surface area contributed by atoms with E-state index in [-0.39, 0.29) is 6.17 Å². The minimum Gasteiger partial charge on any atom is -0.351 e. The van der Waals surface area contributed by atoms with E-state index in [0.717, 1.165) is 5.56 Å². The summed E-state index contributed by atoms with van der Waals surface area (Å²) in [6.45, 7) is 0. The molecule has 0 bridgehead atoms. The Morgan fingerprint density at radius 1 is 1.17 bits per heavy atom. The zero-order valence-corrected chi connectivity index (χ0v) is 6.51. The van der Waals surface area contributed by atoms with Gasteiger partial charge in [0.15, 0.2) is 0 Å². The average molecular weight is 159 g/mol. The van der Waals surface area contributed by atoms with E-state index >= 15 is 0 Å². The smallest absolute Gasteiger partial charge is 0.147 e. The van der Waals surface area contributed by atoms with Crippen molar-refractivity contribution in [3.63, 3.8) is 0 Å². The molecule has 1 N–H and O–H groups in total. The van der Waals surface area contributed by atoms with Crippen molar-refractivity contribution in [3.05, 3.63) is 35.9 Å². The Morgan fingerprint density at radius 3 is 2.67 bits per heavy atom. The van der Waals surface area contributed by atoms with Crippen molar-refractivity contribution < 1.29 is 0 Å². The van der Waals surface area contributed by atoms with Crippen molar-refractivity contribution in [1.82, 2.24) is 5.32 Å². The van der Waals surface area contributed by atoms with E-state index in [9.17, 15) is 0 Å². The van der Waals surface area contributed by atoms with Crippen molar-refractivity contribution in [2.45, 2.75) is 6.17 Å². The van der Waals surface area contributed by atoms with Crippen LogP contribution in [-0.2, 0) is 0 Å².